The van der Waals surface area contributed by atoms with Crippen molar-refractivity contribution in [1.29, 1.82) is 0 Å². The number of halogens is 2. The van der Waals surface area contributed by atoms with Crippen molar-refractivity contribution in [3.63, 3.8) is 0 Å². The summed E-state index contributed by atoms with van der Waals surface area (Å²) >= 11 is 6.08. The first-order valence-electron chi connectivity index (χ1n) is 14.3. The van der Waals surface area contributed by atoms with E-state index in [0.29, 0.717) is 37.7 Å². The van der Waals surface area contributed by atoms with Gasteiger partial charge in [-0.25, -0.2) is 4.39 Å². The maximum Gasteiger partial charge on any atom is 0.306 e. The molecule has 0 heterocycles. The largest absolute Gasteiger partial charge is 0.462 e. The molecule has 4 saturated carbocycles. The molecule has 39 heavy (non-hydrogen) atoms. The van der Waals surface area contributed by atoms with Crippen molar-refractivity contribution in [3.8, 4) is 0 Å². The summed E-state index contributed by atoms with van der Waals surface area (Å²) in [5.74, 6) is -2.43. The van der Waals surface area contributed by atoms with Crippen molar-refractivity contribution in [3.05, 3.63) is 12.2 Å². The highest BCUT2D eigenvalue weighted by Gasteiger charge is 2.74. The molecule has 0 aromatic heterocycles. The lowest BCUT2D eigenvalue weighted by Gasteiger charge is -2.65. The lowest BCUT2D eigenvalue weighted by atomic mass is 9.42. The van der Waals surface area contributed by atoms with E-state index in [1.54, 1.807) is 13.8 Å². The molecule has 4 fully saturated rings. The van der Waals surface area contributed by atoms with E-state index in [4.69, 9.17) is 25.8 Å². The summed E-state index contributed by atoms with van der Waals surface area (Å²) in [6.07, 6.45) is 1.15. The third kappa shape index (κ3) is 4.26. The van der Waals surface area contributed by atoms with E-state index in [0.717, 1.165) is 0 Å². The van der Waals surface area contributed by atoms with E-state index in [1.807, 2.05) is 13.8 Å². The molecule has 0 unspecified atom stereocenters. The van der Waals surface area contributed by atoms with Crippen LogP contribution in [0.25, 0.3) is 0 Å². The van der Waals surface area contributed by atoms with Gasteiger partial charge in [-0.1, -0.05) is 34.3 Å². The normalized spacial score (nSPS) is 42.9. The van der Waals surface area contributed by atoms with Crippen molar-refractivity contribution in [2.75, 3.05) is 5.88 Å². The van der Waals surface area contributed by atoms with E-state index >= 15 is 4.39 Å². The van der Waals surface area contributed by atoms with Crippen LogP contribution in [0.3, 0.4) is 0 Å². The molecule has 218 valence electrons. The van der Waals surface area contributed by atoms with Crippen LogP contribution in [0.5, 0.6) is 0 Å². The maximum absolute atomic E-state index is 16.7. The lowest BCUT2D eigenvalue weighted by Crippen LogP contribution is -2.70. The Balaban J connectivity index is 1.77. The first-order valence-corrected chi connectivity index (χ1v) is 14.8. The van der Waals surface area contributed by atoms with Gasteiger partial charge in [-0.3, -0.25) is 19.2 Å². The molecule has 0 aliphatic heterocycles. The third-order valence-corrected chi connectivity index (χ3v) is 11.1. The van der Waals surface area contributed by atoms with Crippen molar-refractivity contribution in [2.24, 2.45) is 28.6 Å². The molecule has 0 bridgehead atoms. The third-order valence-electron chi connectivity index (χ3n) is 10.9. The monoisotopic (exact) mass is 568 g/mol. The fraction of sp³-hybridized carbons (Fsp3) is 0.800. The molecule has 0 aromatic rings. The number of fused-ring (bicyclic) bond motifs is 5. The molecule has 0 saturated heterocycles. The summed E-state index contributed by atoms with van der Waals surface area (Å²) in [6.45, 7) is 12.9. The van der Waals surface area contributed by atoms with Crippen molar-refractivity contribution >= 4 is 35.3 Å². The quantitative estimate of drug-likeness (QED) is 0.169. The highest BCUT2D eigenvalue weighted by Crippen LogP contribution is 2.71. The number of Topliss-reactive ketones (excluding diaryl/α,β-unsaturated/α-hetero) is 1. The number of carbonyl (C=O) groups is 4. The standard InChI is InChI=1S/C30H42ClFO7/c1-7-25(35)38-29-15-19(37-18(4)33)9-11-27(29,5)21-10-12-28(6)22(20(21)14-23(29)32)13-17(3)30(28,24(34)16-31)39-26(36)8-2/h19-23H,3,7-16H2,1-2,4-6H3/t19-,20+,21-,22-,23+,27+,28-,29-,30+/m0/s1. The number of esters is 3. The number of rotatable bonds is 7. The Morgan fingerprint density at radius 2 is 1.62 bits per heavy atom. The summed E-state index contributed by atoms with van der Waals surface area (Å²) < 4.78 is 34.3. The molecule has 4 aliphatic rings. The Labute approximate surface area is 235 Å². The summed E-state index contributed by atoms with van der Waals surface area (Å²) in [5.41, 5.74) is -3.92. The molecule has 9 heteroatoms. The second-order valence-corrected chi connectivity index (χ2v) is 12.8. The molecule has 7 nitrogen and oxygen atoms in total. The van der Waals surface area contributed by atoms with Crippen molar-refractivity contribution in [2.45, 2.75) is 116 Å². The van der Waals surface area contributed by atoms with Gasteiger partial charge in [0.15, 0.2) is 17.0 Å². The van der Waals surface area contributed by atoms with Gasteiger partial charge < -0.3 is 14.2 Å². The minimum absolute atomic E-state index is 0.0120. The Bertz CT molecular complexity index is 1060. The van der Waals surface area contributed by atoms with Crippen LogP contribution >= 0.6 is 11.6 Å². The van der Waals surface area contributed by atoms with Gasteiger partial charge in [0, 0.05) is 37.0 Å². The SMILES string of the molecule is C=C1C[C@H]2[C@@H]3C[C@@H](F)[C@@]4(OC(=O)CC)C[C@@H](OC(C)=O)CC[C@]4(C)[C@H]3CC[C@]2(C)[C@]1(OC(=O)CC)C(=O)CCl. The van der Waals surface area contributed by atoms with Crippen LogP contribution in [-0.4, -0.2) is 53.0 Å². The van der Waals surface area contributed by atoms with Gasteiger partial charge in [-0.2, -0.15) is 0 Å². The smallest absolute Gasteiger partial charge is 0.306 e. The van der Waals surface area contributed by atoms with Gasteiger partial charge in [0.05, 0.1) is 5.88 Å². The minimum Gasteiger partial charge on any atom is -0.462 e. The van der Waals surface area contributed by atoms with Crippen LogP contribution in [0, 0.1) is 28.6 Å². The van der Waals surface area contributed by atoms with Crippen LogP contribution in [-0.2, 0) is 33.4 Å². The molecular formula is C30H42ClFO7. The molecular weight excluding hydrogens is 527 g/mol. The zero-order chi connectivity index (χ0) is 29.0. The Morgan fingerprint density at radius 1 is 1.00 bits per heavy atom. The van der Waals surface area contributed by atoms with Gasteiger partial charge in [0.1, 0.15) is 12.3 Å². The zero-order valence-electron chi connectivity index (χ0n) is 23.8. The van der Waals surface area contributed by atoms with Crippen LogP contribution in [0.1, 0.15) is 92.4 Å². The molecule has 9 atom stereocenters. The molecule has 4 aliphatic carbocycles. The maximum atomic E-state index is 16.7. The topological polar surface area (TPSA) is 96.0 Å². The predicted octanol–water partition coefficient (Wildman–Crippen LogP) is 5.65. The van der Waals surface area contributed by atoms with E-state index in [9.17, 15) is 19.2 Å². The number of carbonyl (C=O) groups excluding carboxylic acids is 4. The predicted molar refractivity (Wildman–Crippen MR) is 143 cm³/mol. The van der Waals surface area contributed by atoms with E-state index in [2.05, 4.69) is 6.58 Å². The number of hydrogen-bond donors (Lipinski definition) is 0. The van der Waals surface area contributed by atoms with Gasteiger partial charge in [0.2, 0.25) is 0 Å². The Kier molecular flexibility index (Phi) is 8.05. The number of alkyl halides is 2. The summed E-state index contributed by atoms with van der Waals surface area (Å²) in [5, 5.41) is 0. The number of hydrogen-bond acceptors (Lipinski definition) is 7. The van der Waals surface area contributed by atoms with Gasteiger partial charge in [-0.05, 0) is 61.9 Å². The molecule has 0 radical (unpaired) electrons. The van der Waals surface area contributed by atoms with Crippen LogP contribution < -0.4 is 0 Å². The lowest BCUT2D eigenvalue weighted by molar-refractivity contribution is -0.266. The fourth-order valence-corrected chi connectivity index (χ4v) is 9.23. The second kappa shape index (κ2) is 10.5. The van der Waals surface area contributed by atoms with Crippen molar-refractivity contribution < 1.29 is 37.8 Å². The van der Waals surface area contributed by atoms with Gasteiger partial charge in [-0.15, -0.1) is 11.6 Å². The summed E-state index contributed by atoms with van der Waals surface area (Å²) in [7, 11) is 0. The number of ketones is 1. The average molecular weight is 569 g/mol. The Morgan fingerprint density at radius 3 is 2.21 bits per heavy atom. The molecule has 4 rings (SSSR count). The molecule has 0 spiro atoms. The fourth-order valence-electron chi connectivity index (χ4n) is 9.05. The van der Waals surface area contributed by atoms with Gasteiger partial charge in [0.25, 0.3) is 0 Å². The average Bonchev–Trinajstić information content (AvgIpc) is 3.11. The summed E-state index contributed by atoms with van der Waals surface area (Å²) in [6, 6.07) is 0. The van der Waals surface area contributed by atoms with Crippen LogP contribution in [0.2, 0.25) is 0 Å². The highest BCUT2D eigenvalue weighted by atomic mass is 35.5. The summed E-state index contributed by atoms with van der Waals surface area (Å²) in [4.78, 5) is 50.5. The molecule has 0 N–H and O–H groups in total. The first kappa shape index (κ1) is 30.0. The molecule has 0 amide bonds. The van der Waals surface area contributed by atoms with E-state index < -0.39 is 52.2 Å². The van der Waals surface area contributed by atoms with Gasteiger partial charge >= 0.3 is 17.9 Å². The zero-order valence-corrected chi connectivity index (χ0v) is 24.5. The van der Waals surface area contributed by atoms with Crippen LogP contribution in [0.4, 0.5) is 4.39 Å². The second-order valence-electron chi connectivity index (χ2n) is 12.5. The van der Waals surface area contributed by atoms with Crippen LogP contribution in [0.15, 0.2) is 12.2 Å². The first-order chi connectivity index (χ1) is 18.3. The van der Waals surface area contributed by atoms with E-state index in [-0.39, 0.29) is 55.1 Å². The molecule has 0 aromatic carbocycles. The Hall–Kier alpha value is -1.96. The van der Waals surface area contributed by atoms with E-state index in [1.165, 1.54) is 6.92 Å². The van der Waals surface area contributed by atoms with Crippen molar-refractivity contribution in [1.82, 2.24) is 0 Å². The minimum atomic E-state index is -1.54. The number of ether oxygens (including phenoxy) is 3. The highest BCUT2D eigenvalue weighted by molar-refractivity contribution is 6.29.